The fourth-order valence-electron chi connectivity index (χ4n) is 2.16. The Hall–Kier alpha value is -1.30. The normalized spacial score (nSPS) is 19.1. The molecule has 1 saturated heterocycles. The number of carbonyl (C=O) groups is 2. The maximum atomic E-state index is 11.9. The number of likely N-dealkylation sites (tertiary alicyclic amines) is 1. The van der Waals surface area contributed by atoms with Gasteiger partial charge in [0, 0.05) is 32.8 Å². The number of carboxylic acid groups (broad SMARTS) is 1. The third kappa shape index (κ3) is 6.23. The van der Waals surface area contributed by atoms with E-state index in [4.69, 9.17) is 9.84 Å². The number of ether oxygens (including phenoxy) is 1. The number of hydrogen-bond donors (Lipinski definition) is 2. The van der Waals surface area contributed by atoms with Crippen molar-refractivity contribution >= 4 is 12.0 Å². The van der Waals surface area contributed by atoms with Crippen LogP contribution in [0, 0.1) is 11.8 Å². The summed E-state index contributed by atoms with van der Waals surface area (Å²) in [6, 6.07) is -0.167. The highest BCUT2D eigenvalue weighted by molar-refractivity contribution is 5.76. The average Bonchev–Trinajstić information content (AvgIpc) is 2.42. The predicted octanol–water partition coefficient (Wildman–Crippen LogP) is 1.56. The molecule has 0 bridgehead atoms. The Morgan fingerprint density at radius 1 is 1.45 bits per heavy atom. The molecular formula is C14H26N2O4. The average molecular weight is 286 g/mol. The summed E-state index contributed by atoms with van der Waals surface area (Å²) in [6.45, 7) is 7.07. The first-order chi connectivity index (χ1) is 9.50. The molecule has 6 heteroatoms. The molecule has 2 N–H and O–H groups in total. The monoisotopic (exact) mass is 286 g/mol. The van der Waals surface area contributed by atoms with Gasteiger partial charge >= 0.3 is 12.0 Å². The highest BCUT2D eigenvalue weighted by atomic mass is 16.5. The van der Waals surface area contributed by atoms with Crippen molar-refractivity contribution in [3.05, 3.63) is 0 Å². The second-order valence-electron chi connectivity index (χ2n) is 5.68. The highest BCUT2D eigenvalue weighted by Gasteiger charge is 2.27. The molecule has 0 aromatic rings. The van der Waals surface area contributed by atoms with Crippen molar-refractivity contribution in [1.29, 1.82) is 0 Å². The van der Waals surface area contributed by atoms with E-state index in [1.165, 1.54) is 0 Å². The summed E-state index contributed by atoms with van der Waals surface area (Å²) in [6.07, 6.45) is 2.18. The lowest BCUT2D eigenvalue weighted by Crippen LogP contribution is -2.47. The molecule has 0 unspecified atom stereocenters. The molecule has 1 aliphatic rings. The molecule has 2 amide bonds. The summed E-state index contributed by atoms with van der Waals surface area (Å²) >= 11 is 0. The van der Waals surface area contributed by atoms with Gasteiger partial charge in [0.1, 0.15) is 0 Å². The van der Waals surface area contributed by atoms with Gasteiger partial charge < -0.3 is 20.1 Å². The van der Waals surface area contributed by atoms with Gasteiger partial charge in [-0.2, -0.15) is 0 Å². The van der Waals surface area contributed by atoms with E-state index in [1.54, 1.807) is 4.90 Å². The van der Waals surface area contributed by atoms with Crippen molar-refractivity contribution in [2.24, 2.45) is 11.8 Å². The number of carboxylic acids is 1. The van der Waals surface area contributed by atoms with Crippen LogP contribution in [-0.2, 0) is 9.53 Å². The van der Waals surface area contributed by atoms with E-state index >= 15 is 0 Å². The van der Waals surface area contributed by atoms with E-state index in [1.807, 2.05) is 0 Å². The van der Waals surface area contributed by atoms with Crippen molar-refractivity contribution in [3.8, 4) is 0 Å². The maximum absolute atomic E-state index is 11.9. The summed E-state index contributed by atoms with van der Waals surface area (Å²) in [7, 11) is 0. The first-order valence-corrected chi connectivity index (χ1v) is 7.34. The number of piperidine rings is 1. The Labute approximate surface area is 120 Å². The molecule has 0 aliphatic carbocycles. The highest BCUT2D eigenvalue weighted by Crippen LogP contribution is 2.16. The summed E-state index contributed by atoms with van der Waals surface area (Å²) in [5.74, 6) is -0.723. The first kappa shape index (κ1) is 16.8. The molecule has 1 heterocycles. The van der Waals surface area contributed by atoms with Gasteiger partial charge in [0.05, 0.1) is 5.92 Å². The summed E-state index contributed by atoms with van der Waals surface area (Å²) in [4.78, 5) is 24.4. The van der Waals surface area contributed by atoms with E-state index in [0.717, 1.165) is 19.4 Å². The van der Waals surface area contributed by atoms with Gasteiger partial charge in [0.25, 0.3) is 0 Å². The topological polar surface area (TPSA) is 78.9 Å². The minimum Gasteiger partial charge on any atom is -0.481 e. The SMILES string of the molecule is CC(C)COCCCNC(=O)N1CCC[C@@H](C(=O)O)C1. The molecule has 20 heavy (non-hydrogen) atoms. The fraction of sp³-hybridized carbons (Fsp3) is 0.857. The molecule has 0 spiro atoms. The van der Waals surface area contributed by atoms with Crippen LogP contribution in [0.4, 0.5) is 4.79 Å². The zero-order chi connectivity index (χ0) is 15.0. The van der Waals surface area contributed by atoms with E-state index in [2.05, 4.69) is 19.2 Å². The minimum absolute atomic E-state index is 0.167. The van der Waals surface area contributed by atoms with Crippen LogP contribution in [0.3, 0.4) is 0 Å². The largest absolute Gasteiger partial charge is 0.481 e. The molecule has 0 radical (unpaired) electrons. The minimum atomic E-state index is -0.815. The molecule has 1 aliphatic heterocycles. The summed E-state index contributed by atoms with van der Waals surface area (Å²) in [5, 5.41) is 11.8. The Balaban J connectivity index is 2.14. The molecule has 1 atom stereocenters. The van der Waals surface area contributed by atoms with Gasteiger partial charge in [0.15, 0.2) is 0 Å². The lowest BCUT2D eigenvalue weighted by Gasteiger charge is -2.30. The van der Waals surface area contributed by atoms with Crippen molar-refractivity contribution in [3.63, 3.8) is 0 Å². The van der Waals surface area contributed by atoms with E-state index in [9.17, 15) is 9.59 Å². The van der Waals surface area contributed by atoms with E-state index < -0.39 is 11.9 Å². The number of nitrogens with one attached hydrogen (secondary N) is 1. The molecule has 1 rings (SSSR count). The number of urea groups is 1. The lowest BCUT2D eigenvalue weighted by molar-refractivity contribution is -0.143. The Bertz CT molecular complexity index is 320. The molecule has 0 aromatic carbocycles. The second-order valence-corrected chi connectivity index (χ2v) is 5.68. The maximum Gasteiger partial charge on any atom is 0.317 e. The molecule has 1 fully saturated rings. The predicted molar refractivity (Wildman–Crippen MR) is 75.6 cm³/mol. The second kappa shape index (κ2) is 8.79. The fourth-order valence-corrected chi connectivity index (χ4v) is 2.16. The summed E-state index contributed by atoms with van der Waals surface area (Å²) < 4.78 is 5.43. The Morgan fingerprint density at radius 3 is 2.85 bits per heavy atom. The third-order valence-electron chi connectivity index (χ3n) is 3.25. The molecule has 0 saturated carbocycles. The van der Waals surface area contributed by atoms with Crippen molar-refractivity contribution in [1.82, 2.24) is 10.2 Å². The lowest BCUT2D eigenvalue weighted by atomic mass is 9.99. The van der Waals surface area contributed by atoms with Crippen LogP contribution in [-0.4, -0.2) is 54.9 Å². The van der Waals surface area contributed by atoms with Crippen LogP contribution in [0.2, 0.25) is 0 Å². The number of amides is 2. The van der Waals surface area contributed by atoms with Crippen LogP contribution >= 0.6 is 0 Å². The van der Waals surface area contributed by atoms with Crippen molar-refractivity contribution < 1.29 is 19.4 Å². The third-order valence-corrected chi connectivity index (χ3v) is 3.25. The molecular weight excluding hydrogens is 260 g/mol. The number of nitrogens with zero attached hydrogens (tertiary/aromatic N) is 1. The van der Waals surface area contributed by atoms with Gasteiger partial charge in [-0.25, -0.2) is 4.79 Å². The van der Waals surface area contributed by atoms with Gasteiger partial charge in [-0.15, -0.1) is 0 Å². The number of carbonyl (C=O) groups excluding carboxylic acids is 1. The van der Waals surface area contributed by atoms with Crippen LogP contribution in [0.1, 0.15) is 33.1 Å². The van der Waals surface area contributed by atoms with Gasteiger partial charge in [0.2, 0.25) is 0 Å². The number of aliphatic carboxylic acids is 1. The number of rotatable bonds is 7. The van der Waals surface area contributed by atoms with Gasteiger partial charge in [-0.3, -0.25) is 4.79 Å². The van der Waals surface area contributed by atoms with Crippen molar-refractivity contribution in [2.45, 2.75) is 33.1 Å². The quantitative estimate of drug-likeness (QED) is 0.696. The van der Waals surface area contributed by atoms with Crippen LogP contribution in [0.25, 0.3) is 0 Å². The first-order valence-electron chi connectivity index (χ1n) is 7.34. The van der Waals surface area contributed by atoms with Crippen LogP contribution in [0.15, 0.2) is 0 Å². The van der Waals surface area contributed by atoms with E-state index in [-0.39, 0.29) is 6.03 Å². The van der Waals surface area contributed by atoms with Crippen LogP contribution < -0.4 is 5.32 Å². The smallest absolute Gasteiger partial charge is 0.317 e. The molecule has 6 nitrogen and oxygen atoms in total. The Kier molecular flexibility index (Phi) is 7.36. The number of hydrogen-bond acceptors (Lipinski definition) is 3. The van der Waals surface area contributed by atoms with Gasteiger partial charge in [-0.05, 0) is 25.2 Å². The zero-order valence-electron chi connectivity index (χ0n) is 12.4. The standard InChI is InChI=1S/C14H26N2O4/c1-11(2)10-20-8-4-6-15-14(19)16-7-3-5-12(9-16)13(17)18/h11-12H,3-10H2,1-2H3,(H,15,19)(H,17,18)/t12-/m1/s1. The Morgan fingerprint density at radius 2 is 2.20 bits per heavy atom. The van der Waals surface area contributed by atoms with E-state index in [0.29, 0.717) is 38.6 Å². The molecule has 0 aromatic heterocycles. The van der Waals surface area contributed by atoms with Gasteiger partial charge in [-0.1, -0.05) is 13.8 Å². The molecule has 116 valence electrons. The van der Waals surface area contributed by atoms with Crippen molar-refractivity contribution in [2.75, 3.05) is 32.8 Å². The van der Waals surface area contributed by atoms with Crippen LogP contribution in [0.5, 0.6) is 0 Å². The zero-order valence-corrected chi connectivity index (χ0v) is 12.4. The summed E-state index contributed by atoms with van der Waals surface area (Å²) in [5.41, 5.74) is 0.